The summed E-state index contributed by atoms with van der Waals surface area (Å²) in [6, 6.07) is 15.9. The summed E-state index contributed by atoms with van der Waals surface area (Å²) in [4.78, 5) is 0. The molecule has 4 heteroatoms. The minimum atomic E-state index is 0.0592. The van der Waals surface area contributed by atoms with Crippen molar-refractivity contribution < 1.29 is 9.84 Å². The fourth-order valence-corrected chi connectivity index (χ4v) is 1.99. The molecule has 0 fully saturated rings. The highest BCUT2D eigenvalue weighted by Gasteiger charge is 2.05. The highest BCUT2D eigenvalue weighted by Crippen LogP contribution is 2.28. The summed E-state index contributed by atoms with van der Waals surface area (Å²) in [6.07, 6.45) is 1.69. The lowest BCUT2D eigenvalue weighted by atomic mass is 10.0. The standard InChI is InChI=1S/C18H14N2O2/c1-2-22-18-10-13(6-7-17(18)21)8-16(12-20)15-5-3-4-14(9-15)11-19/h3-10,21H,2H2,1H3/b16-8-. The quantitative estimate of drug-likeness (QED) is 0.687. The average Bonchev–Trinajstić information content (AvgIpc) is 2.55. The normalized spacial score (nSPS) is 10.6. The predicted molar refractivity (Wildman–Crippen MR) is 83.9 cm³/mol. The first-order chi connectivity index (χ1) is 10.7. The van der Waals surface area contributed by atoms with Crippen LogP contribution in [0.4, 0.5) is 0 Å². The first-order valence-corrected chi connectivity index (χ1v) is 6.76. The third kappa shape index (κ3) is 3.45. The topological polar surface area (TPSA) is 77.0 Å². The number of nitriles is 2. The van der Waals surface area contributed by atoms with E-state index in [1.165, 1.54) is 6.07 Å². The number of phenolic OH excluding ortho intramolecular Hbond substituents is 1. The molecule has 2 rings (SSSR count). The summed E-state index contributed by atoms with van der Waals surface area (Å²) in [7, 11) is 0. The number of benzene rings is 2. The molecule has 0 saturated carbocycles. The van der Waals surface area contributed by atoms with Crippen molar-refractivity contribution in [2.45, 2.75) is 6.92 Å². The van der Waals surface area contributed by atoms with E-state index in [4.69, 9.17) is 10.00 Å². The van der Waals surface area contributed by atoms with Gasteiger partial charge in [0.2, 0.25) is 0 Å². The summed E-state index contributed by atoms with van der Waals surface area (Å²) < 4.78 is 5.33. The Bertz CT molecular complexity index is 795. The van der Waals surface area contributed by atoms with Crippen molar-refractivity contribution in [3.05, 3.63) is 59.2 Å². The van der Waals surface area contributed by atoms with Crippen molar-refractivity contribution in [1.29, 1.82) is 10.5 Å². The molecule has 0 aliphatic carbocycles. The summed E-state index contributed by atoms with van der Waals surface area (Å²) in [5, 5.41) is 28.0. The molecule has 0 unspecified atom stereocenters. The Kier molecular flexibility index (Phi) is 4.80. The lowest BCUT2D eigenvalue weighted by molar-refractivity contribution is 0.318. The molecule has 0 spiro atoms. The van der Waals surface area contributed by atoms with Gasteiger partial charge in [-0.05, 0) is 48.4 Å². The van der Waals surface area contributed by atoms with Gasteiger partial charge in [0.05, 0.1) is 29.9 Å². The third-order valence-electron chi connectivity index (χ3n) is 3.02. The largest absolute Gasteiger partial charge is 0.504 e. The van der Waals surface area contributed by atoms with Crippen LogP contribution in [0.5, 0.6) is 11.5 Å². The molecule has 2 aromatic carbocycles. The minimum Gasteiger partial charge on any atom is -0.504 e. The van der Waals surface area contributed by atoms with Crippen LogP contribution in [0, 0.1) is 22.7 Å². The zero-order chi connectivity index (χ0) is 15.9. The summed E-state index contributed by atoms with van der Waals surface area (Å²) in [6.45, 7) is 2.27. The Morgan fingerprint density at radius 2 is 2.05 bits per heavy atom. The van der Waals surface area contributed by atoms with Crippen LogP contribution in [0.1, 0.15) is 23.6 Å². The molecular weight excluding hydrogens is 276 g/mol. The minimum absolute atomic E-state index is 0.0592. The average molecular weight is 290 g/mol. The Morgan fingerprint density at radius 3 is 2.73 bits per heavy atom. The number of ether oxygens (including phenoxy) is 1. The lowest BCUT2D eigenvalue weighted by Gasteiger charge is -2.07. The fourth-order valence-electron chi connectivity index (χ4n) is 1.99. The summed E-state index contributed by atoms with van der Waals surface area (Å²) in [5.41, 5.74) is 2.34. The van der Waals surface area contributed by atoms with E-state index in [2.05, 4.69) is 12.1 Å². The van der Waals surface area contributed by atoms with Crippen LogP contribution in [0.15, 0.2) is 42.5 Å². The number of phenols is 1. The summed E-state index contributed by atoms with van der Waals surface area (Å²) in [5.74, 6) is 0.434. The van der Waals surface area contributed by atoms with Crippen LogP contribution < -0.4 is 4.74 Å². The zero-order valence-corrected chi connectivity index (χ0v) is 12.1. The Hall–Kier alpha value is -3.24. The highest BCUT2D eigenvalue weighted by atomic mass is 16.5. The molecule has 0 amide bonds. The van der Waals surface area contributed by atoms with Gasteiger partial charge >= 0.3 is 0 Å². The first kappa shape index (κ1) is 15.2. The van der Waals surface area contributed by atoms with E-state index < -0.39 is 0 Å². The van der Waals surface area contributed by atoms with Crippen molar-refractivity contribution in [1.82, 2.24) is 0 Å². The second-order valence-corrected chi connectivity index (χ2v) is 4.52. The molecule has 0 radical (unpaired) electrons. The first-order valence-electron chi connectivity index (χ1n) is 6.76. The molecule has 0 heterocycles. The van der Waals surface area contributed by atoms with E-state index in [0.29, 0.717) is 29.1 Å². The van der Waals surface area contributed by atoms with Crippen molar-refractivity contribution in [2.24, 2.45) is 0 Å². The number of rotatable bonds is 4. The molecule has 0 aliphatic heterocycles. The van der Waals surface area contributed by atoms with Crippen LogP contribution in [0.3, 0.4) is 0 Å². The molecule has 1 N–H and O–H groups in total. The van der Waals surface area contributed by atoms with E-state index in [1.54, 1.807) is 42.5 Å². The van der Waals surface area contributed by atoms with Crippen molar-refractivity contribution in [2.75, 3.05) is 6.61 Å². The molecular formula is C18H14N2O2. The van der Waals surface area contributed by atoms with Gasteiger partial charge in [0.15, 0.2) is 11.5 Å². The third-order valence-corrected chi connectivity index (χ3v) is 3.02. The molecule has 0 atom stereocenters. The number of nitrogens with zero attached hydrogens (tertiary/aromatic N) is 2. The van der Waals surface area contributed by atoms with Crippen molar-refractivity contribution in [3.63, 3.8) is 0 Å². The van der Waals surface area contributed by atoms with Crippen molar-refractivity contribution >= 4 is 11.6 Å². The van der Waals surface area contributed by atoms with Gasteiger partial charge in [-0.25, -0.2) is 0 Å². The maximum atomic E-state index is 9.70. The molecule has 0 bridgehead atoms. The lowest BCUT2D eigenvalue weighted by Crippen LogP contribution is -1.92. The molecule has 0 aliphatic rings. The van der Waals surface area contributed by atoms with Gasteiger partial charge in [-0.3, -0.25) is 0 Å². The summed E-state index contributed by atoms with van der Waals surface area (Å²) >= 11 is 0. The van der Waals surface area contributed by atoms with E-state index in [0.717, 1.165) is 5.56 Å². The monoisotopic (exact) mass is 290 g/mol. The fraction of sp³-hybridized carbons (Fsp3) is 0.111. The Labute approximate surface area is 129 Å². The Balaban J connectivity index is 2.43. The molecule has 22 heavy (non-hydrogen) atoms. The maximum Gasteiger partial charge on any atom is 0.161 e. The number of allylic oxidation sites excluding steroid dienone is 1. The number of hydrogen-bond donors (Lipinski definition) is 1. The van der Waals surface area contributed by atoms with Gasteiger partial charge < -0.3 is 9.84 Å². The van der Waals surface area contributed by atoms with Gasteiger partial charge in [0.25, 0.3) is 0 Å². The van der Waals surface area contributed by atoms with E-state index in [9.17, 15) is 10.4 Å². The van der Waals surface area contributed by atoms with Crippen LogP contribution in [-0.4, -0.2) is 11.7 Å². The molecule has 0 aromatic heterocycles. The molecule has 2 aromatic rings. The molecule has 4 nitrogen and oxygen atoms in total. The van der Waals surface area contributed by atoms with Gasteiger partial charge in [-0.1, -0.05) is 18.2 Å². The zero-order valence-electron chi connectivity index (χ0n) is 12.1. The van der Waals surface area contributed by atoms with E-state index in [-0.39, 0.29) is 5.75 Å². The van der Waals surface area contributed by atoms with Crippen LogP contribution in [-0.2, 0) is 0 Å². The van der Waals surface area contributed by atoms with Gasteiger partial charge in [-0.15, -0.1) is 0 Å². The van der Waals surface area contributed by atoms with Gasteiger partial charge in [0, 0.05) is 0 Å². The highest BCUT2D eigenvalue weighted by molar-refractivity contribution is 5.90. The number of aromatic hydroxyl groups is 1. The van der Waals surface area contributed by atoms with Crippen molar-refractivity contribution in [3.8, 4) is 23.6 Å². The van der Waals surface area contributed by atoms with Crippen LogP contribution in [0.2, 0.25) is 0 Å². The van der Waals surface area contributed by atoms with Crippen LogP contribution >= 0.6 is 0 Å². The number of hydrogen-bond acceptors (Lipinski definition) is 4. The van der Waals surface area contributed by atoms with E-state index in [1.807, 2.05) is 6.92 Å². The smallest absolute Gasteiger partial charge is 0.161 e. The second kappa shape index (κ2) is 6.97. The predicted octanol–water partition coefficient (Wildman–Crippen LogP) is 3.73. The molecule has 108 valence electrons. The maximum absolute atomic E-state index is 9.70. The Morgan fingerprint density at radius 1 is 1.23 bits per heavy atom. The van der Waals surface area contributed by atoms with E-state index >= 15 is 0 Å². The van der Waals surface area contributed by atoms with Gasteiger partial charge in [-0.2, -0.15) is 10.5 Å². The van der Waals surface area contributed by atoms with Gasteiger partial charge in [0.1, 0.15) is 0 Å². The second-order valence-electron chi connectivity index (χ2n) is 4.52. The SMILES string of the molecule is CCOc1cc(/C=C(/C#N)c2cccc(C#N)c2)ccc1O. The molecule has 0 saturated heterocycles. The van der Waals surface area contributed by atoms with Crippen LogP contribution in [0.25, 0.3) is 11.6 Å².